The van der Waals surface area contributed by atoms with Gasteiger partial charge >= 0.3 is 0 Å². The summed E-state index contributed by atoms with van der Waals surface area (Å²) in [7, 11) is 1.65. The first-order valence-corrected chi connectivity index (χ1v) is 15.3. The summed E-state index contributed by atoms with van der Waals surface area (Å²) in [6.07, 6.45) is -1.21. The molecule has 1 unspecified atom stereocenters. The zero-order valence-corrected chi connectivity index (χ0v) is 25.7. The lowest BCUT2D eigenvalue weighted by Crippen LogP contribution is -2.61. The molecule has 5 atom stereocenters. The Balaban J connectivity index is 1.41. The molecule has 0 N–H and O–H groups in total. The second kappa shape index (κ2) is 17.6. The van der Waals surface area contributed by atoms with Crippen molar-refractivity contribution in [2.45, 2.75) is 57.1 Å². The average Bonchev–Trinajstić information content (AvgIpc) is 3.10. The van der Waals surface area contributed by atoms with Crippen LogP contribution in [0.25, 0.3) is 0 Å². The molecular weight excluding hydrogens is 568 g/mol. The van der Waals surface area contributed by atoms with E-state index in [1.54, 1.807) is 13.2 Å². The van der Waals surface area contributed by atoms with Gasteiger partial charge in [0.1, 0.15) is 30.2 Å². The molecule has 0 saturated carbocycles. The second-order valence-electron chi connectivity index (χ2n) is 10.8. The van der Waals surface area contributed by atoms with E-state index in [2.05, 4.69) is 6.58 Å². The summed E-state index contributed by atoms with van der Waals surface area (Å²) in [5.74, 6) is 0.781. The second-order valence-corrected chi connectivity index (χ2v) is 10.8. The van der Waals surface area contributed by atoms with E-state index in [0.29, 0.717) is 26.4 Å². The van der Waals surface area contributed by atoms with Gasteiger partial charge in [-0.2, -0.15) is 0 Å². The van der Waals surface area contributed by atoms with Crippen molar-refractivity contribution in [1.82, 2.24) is 0 Å². The third-order valence-electron chi connectivity index (χ3n) is 7.54. The van der Waals surface area contributed by atoms with E-state index in [4.69, 9.17) is 33.2 Å². The monoisotopic (exact) mass is 610 g/mol. The molecule has 0 aliphatic carbocycles. The Bertz CT molecular complexity index is 1380. The van der Waals surface area contributed by atoms with E-state index in [1.807, 2.05) is 115 Å². The molecule has 1 aliphatic rings. The summed E-state index contributed by atoms with van der Waals surface area (Å²) in [4.78, 5) is 0. The van der Waals surface area contributed by atoms with Crippen LogP contribution in [0, 0.1) is 0 Å². The molecule has 7 heteroatoms. The van der Waals surface area contributed by atoms with Crippen LogP contribution < -0.4 is 4.74 Å². The zero-order valence-electron chi connectivity index (χ0n) is 25.7. The molecule has 1 saturated heterocycles. The van der Waals surface area contributed by atoms with Gasteiger partial charge in [0.25, 0.3) is 0 Å². The van der Waals surface area contributed by atoms with Crippen molar-refractivity contribution in [3.63, 3.8) is 0 Å². The first-order chi connectivity index (χ1) is 22.2. The van der Waals surface area contributed by atoms with Crippen LogP contribution in [0.15, 0.2) is 128 Å². The van der Waals surface area contributed by atoms with Gasteiger partial charge in [0, 0.05) is 0 Å². The number of rotatable bonds is 17. The highest BCUT2D eigenvalue weighted by atomic mass is 16.7. The predicted molar refractivity (Wildman–Crippen MR) is 173 cm³/mol. The Hall–Kier alpha value is -3.82. The smallest absolute Gasteiger partial charge is 0.187 e. The van der Waals surface area contributed by atoms with Crippen molar-refractivity contribution in [2.24, 2.45) is 0 Å². The minimum atomic E-state index is -0.746. The highest BCUT2D eigenvalue weighted by molar-refractivity contribution is 5.26. The summed E-state index contributed by atoms with van der Waals surface area (Å²) in [6, 6.07) is 38.0. The zero-order chi connectivity index (χ0) is 31.1. The highest BCUT2D eigenvalue weighted by Crippen LogP contribution is 2.32. The average molecular weight is 611 g/mol. The summed E-state index contributed by atoms with van der Waals surface area (Å²) in [5, 5.41) is 0. The third-order valence-corrected chi connectivity index (χ3v) is 7.54. The number of hydrogen-bond donors (Lipinski definition) is 0. The van der Waals surface area contributed by atoms with Crippen LogP contribution in [0.5, 0.6) is 5.75 Å². The molecule has 4 aromatic rings. The number of benzene rings is 4. The normalized spacial score (nSPS) is 21.3. The Morgan fingerprint density at radius 3 is 1.60 bits per heavy atom. The fraction of sp³-hybridized carbons (Fsp3) is 0.316. The van der Waals surface area contributed by atoms with Gasteiger partial charge in [-0.25, -0.2) is 0 Å². The quantitative estimate of drug-likeness (QED) is 0.121. The van der Waals surface area contributed by atoms with Crippen molar-refractivity contribution in [2.75, 3.05) is 20.3 Å². The largest absolute Gasteiger partial charge is 0.497 e. The topological polar surface area (TPSA) is 64.6 Å². The molecule has 45 heavy (non-hydrogen) atoms. The molecule has 5 rings (SSSR count). The van der Waals surface area contributed by atoms with E-state index in [9.17, 15) is 0 Å². The minimum absolute atomic E-state index is 0.276. The summed E-state index contributed by atoms with van der Waals surface area (Å²) >= 11 is 0. The van der Waals surface area contributed by atoms with Gasteiger partial charge in [-0.15, -0.1) is 6.58 Å². The predicted octanol–water partition coefficient (Wildman–Crippen LogP) is 6.90. The standard InChI is InChI=1S/C38H42O7/c1-3-23-41-38-37(44-27-32-19-21-33(39-2)22-20-32)36(43-26-31-17-11-6-12-18-31)35(42-25-30-15-9-5-10-16-30)34(45-38)28-40-24-29-13-7-4-8-14-29/h3-22,34-38H,1,23-28H2,2H3/t34-,35-,36+,37-,38?/m1/s1. The van der Waals surface area contributed by atoms with Crippen molar-refractivity contribution >= 4 is 0 Å². The molecule has 0 bridgehead atoms. The van der Waals surface area contributed by atoms with Gasteiger partial charge in [0.05, 0.1) is 46.8 Å². The third kappa shape index (κ3) is 9.83. The number of ether oxygens (including phenoxy) is 7. The maximum atomic E-state index is 6.70. The highest BCUT2D eigenvalue weighted by Gasteiger charge is 2.49. The minimum Gasteiger partial charge on any atom is -0.497 e. The number of hydrogen-bond acceptors (Lipinski definition) is 7. The van der Waals surface area contributed by atoms with Crippen LogP contribution >= 0.6 is 0 Å². The SMILES string of the molecule is C=CCOC1O[C@H](COCc2ccccc2)[C@@H](OCc2ccccc2)[C@H](OCc2ccccc2)[C@H]1OCc1ccc(OC)cc1. The Kier molecular flexibility index (Phi) is 12.7. The molecule has 4 aromatic carbocycles. The van der Waals surface area contributed by atoms with Gasteiger partial charge < -0.3 is 33.2 Å². The number of methoxy groups -OCH3 is 1. The van der Waals surface area contributed by atoms with Crippen molar-refractivity contribution in [3.05, 3.63) is 150 Å². The van der Waals surface area contributed by atoms with Gasteiger partial charge in [-0.1, -0.05) is 109 Å². The van der Waals surface area contributed by atoms with E-state index in [1.165, 1.54) is 0 Å². The molecular formula is C38H42O7. The molecule has 0 spiro atoms. The van der Waals surface area contributed by atoms with Gasteiger partial charge in [0.15, 0.2) is 6.29 Å². The van der Waals surface area contributed by atoms with E-state index < -0.39 is 30.7 Å². The van der Waals surface area contributed by atoms with E-state index in [0.717, 1.165) is 28.0 Å². The lowest BCUT2D eigenvalue weighted by atomic mass is 9.97. The van der Waals surface area contributed by atoms with Gasteiger partial charge in [-0.05, 0) is 34.4 Å². The van der Waals surface area contributed by atoms with Crippen LogP contribution in [-0.2, 0) is 54.8 Å². The van der Waals surface area contributed by atoms with Gasteiger partial charge in [0.2, 0.25) is 0 Å². The first-order valence-electron chi connectivity index (χ1n) is 15.3. The van der Waals surface area contributed by atoms with Crippen LogP contribution in [0.1, 0.15) is 22.3 Å². The molecule has 0 amide bonds. The maximum absolute atomic E-state index is 6.70. The lowest BCUT2D eigenvalue weighted by Gasteiger charge is -2.45. The Labute approximate surface area is 266 Å². The van der Waals surface area contributed by atoms with Crippen LogP contribution in [-0.4, -0.2) is 51.0 Å². The molecule has 236 valence electrons. The van der Waals surface area contributed by atoms with E-state index >= 15 is 0 Å². The fourth-order valence-electron chi connectivity index (χ4n) is 5.19. The fourth-order valence-corrected chi connectivity index (χ4v) is 5.19. The van der Waals surface area contributed by atoms with Gasteiger partial charge in [-0.3, -0.25) is 0 Å². The molecule has 0 radical (unpaired) electrons. The summed E-state index contributed by atoms with van der Waals surface area (Å²) in [6.45, 7) is 5.90. The van der Waals surface area contributed by atoms with Crippen LogP contribution in [0.4, 0.5) is 0 Å². The van der Waals surface area contributed by atoms with Crippen LogP contribution in [0.2, 0.25) is 0 Å². The molecule has 1 aliphatic heterocycles. The summed E-state index contributed by atoms with van der Waals surface area (Å²) < 4.78 is 44.3. The lowest BCUT2D eigenvalue weighted by molar-refractivity contribution is -0.326. The molecule has 7 nitrogen and oxygen atoms in total. The Morgan fingerprint density at radius 2 is 1.07 bits per heavy atom. The Morgan fingerprint density at radius 1 is 0.578 bits per heavy atom. The van der Waals surface area contributed by atoms with Crippen molar-refractivity contribution in [1.29, 1.82) is 0 Å². The first kappa shape index (κ1) is 32.6. The molecule has 1 fully saturated rings. The van der Waals surface area contributed by atoms with Crippen molar-refractivity contribution in [3.8, 4) is 5.75 Å². The van der Waals surface area contributed by atoms with E-state index in [-0.39, 0.29) is 13.2 Å². The molecule has 0 aromatic heterocycles. The summed E-state index contributed by atoms with van der Waals surface area (Å²) in [5.41, 5.74) is 4.14. The molecule has 1 heterocycles. The van der Waals surface area contributed by atoms with Crippen molar-refractivity contribution < 1.29 is 33.2 Å². The van der Waals surface area contributed by atoms with Crippen LogP contribution in [0.3, 0.4) is 0 Å². The maximum Gasteiger partial charge on any atom is 0.187 e.